The molecule has 0 spiro atoms. The van der Waals surface area contributed by atoms with Crippen LogP contribution >= 0.6 is 0 Å². The summed E-state index contributed by atoms with van der Waals surface area (Å²) < 4.78 is 10.8. The van der Waals surface area contributed by atoms with Crippen molar-refractivity contribution in [1.29, 1.82) is 0 Å². The van der Waals surface area contributed by atoms with E-state index in [1.165, 1.54) is 0 Å². The van der Waals surface area contributed by atoms with E-state index in [1.54, 1.807) is 6.20 Å². The van der Waals surface area contributed by atoms with Gasteiger partial charge in [0, 0.05) is 25.4 Å². The van der Waals surface area contributed by atoms with E-state index in [0.717, 1.165) is 25.1 Å². The minimum atomic E-state index is -0.0162. The molecule has 0 bridgehead atoms. The maximum Gasteiger partial charge on any atom is 0.234 e. The van der Waals surface area contributed by atoms with E-state index < -0.39 is 0 Å². The zero-order valence-corrected chi connectivity index (χ0v) is 13.8. The number of hydrogen-bond acceptors (Lipinski definition) is 6. The maximum absolute atomic E-state index is 12.0. The average molecular weight is 330 g/mol. The molecule has 1 saturated heterocycles. The number of aromatic nitrogens is 2. The molecule has 0 radical (unpaired) electrons. The first-order valence-corrected chi connectivity index (χ1v) is 8.14. The molecule has 1 aliphatic heterocycles. The highest BCUT2D eigenvalue weighted by molar-refractivity contribution is 5.78. The van der Waals surface area contributed by atoms with E-state index in [1.807, 2.05) is 36.2 Å². The lowest BCUT2D eigenvalue weighted by Gasteiger charge is -2.16. The number of carbonyl (C=O) groups is 1. The SMILES string of the molecule is CN(CC(=O)NCC1CCCO1)Cc1cc(-c2ccccn2)no1. The lowest BCUT2D eigenvalue weighted by molar-refractivity contribution is -0.122. The van der Waals surface area contributed by atoms with Crippen LogP contribution in [-0.4, -0.2) is 53.8 Å². The van der Waals surface area contributed by atoms with Crippen LogP contribution in [-0.2, 0) is 16.1 Å². The van der Waals surface area contributed by atoms with Gasteiger partial charge in [-0.05, 0) is 32.0 Å². The van der Waals surface area contributed by atoms with Gasteiger partial charge in [-0.1, -0.05) is 11.2 Å². The summed E-state index contributed by atoms with van der Waals surface area (Å²) in [6.07, 6.45) is 3.97. The van der Waals surface area contributed by atoms with Gasteiger partial charge in [0.15, 0.2) is 5.76 Å². The van der Waals surface area contributed by atoms with Crippen molar-refractivity contribution >= 4 is 5.91 Å². The van der Waals surface area contributed by atoms with Gasteiger partial charge in [0.25, 0.3) is 0 Å². The van der Waals surface area contributed by atoms with Crippen molar-refractivity contribution in [3.63, 3.8) is 0 Å². The molecule has 1 N–H and O–H groups in total. The zero-order valence-electron chi connectivity index (χ0n) is 13.8. The molecule has 1 aliphatic rings. The van der Waals surface area contributed by atoms with Gasteiger partial charge < -0.3 is 14.6 Å². The summed E-state index contributed by atoms with van der Waals surface area (Å²) in [6, 6.07) is 7.49. The number of rotatable bonds is 7. The third-order valence-electron chi connectivity index (χ3n) is 3.88. The van der Waals surface area contributed by atoms with Crippen LogP contribution in [0.2, 0.25) is 0 Å². The van der Waals surface area contributed by atoms with Gasteiger partial charge in [-0.25, -0.2) is 0 Å². The molecular formula is C17H22N4O3. The first-order valence-electron chi connectivity index (χ1n) is 8.14. The number of hydrogen-bond donors (Lipinski definition) is 1. The van der Waals surface area contributed by atoms with Crippen molar-refractivity contribution in [3.05, 3.63) is 36.2 Å². The van der Waals surface area contributed by atoms with Gasteiger partial charge in [0.1, 0.15) is 5.69 Å². The second kappa shape index (κ2) is 8.03. The molecule has 2 aromatic rings. The lowest BCUT2D eigenvalue weighted by Crippen LogP contribution is -2.38. The normalized spacial score (nSPS) is 17.3. The molecule has 3 rings (SSSR count). The quantitative estimate of drug-likeness (QED) is 0.828. The van der Waals surface area contributed by atoms with Crippen LogP contribution < -0.4 is 5.32 Å². The number of nitrogens with zero attached hydrogens (tertiary/aromatic N) is 3. The second-order valence-electron chi connectivity index (χ2n) is 6.00. The highest BCUT2D eigenvalue weighted by atomic mass is 16.5. The first kappa shape index (κ1) is 16.6. The van der Waals surface area contributed by atoms with Crippen LogP contribution in [0.5, 0.6) is 0 Å². The molecule has 0 aromatic carbocycles. The Kier molecular flexibility index (Phi) is 5.55. The molecule has 7 heteroatoms. The summed E-state index contributed by atoms with van der Waals surface area (Å²) in [5.41, 5.74) is 1.46. The van der Waals surface area contributed by atoms with Crippen molar-refractivity contribution in [2.75, 3.05) is 26.7 Å². The van der Waals surface area contributed by atoms with Gasteiger partial charge in [0.2, 0.25) is 5.91 Å². The standard InChI is InChI=1S/C17H22N4O3/c1-21(12-17(22)19-10-13-5-4-8-23-13)11-14-9-16(20-24-14)15-6-2-3-7-18-15/h2-3,6-7,9,13H,4-5,8,10-12H2,1H3,(H,19,22). The molecular weight excluding hydrogens is 308 g/mol. The summed E-state index contributed by atoms with van der Waals surface area (Å²) in [5, 5.41) is 6.94. The first-order chi connectivity index (χ1) is 11.7. The van der Waals surface area contributed by atoms with Crippen LogP contribution in [0.15, 0.2) is 35.0 Å². The van der Waals surface area contributed by atoms with Crippen molar-refractivity contribution in [1.82, 2.24) is 20.4 Å². The summed E-state index contributed by atoms with van der Waals surface area (Å²) >= 11 is 0. The number of amides is 1. The monoisotopic (exact) mass is 330 g/mol. The van der Waals surface area contributed by atoms with Crippen molar-refractivity contribution in [3.8, 4) is 11.4 Å². The Bertz CT molecular complexity index is 653. The van der Waals surface area contributed by atoms with Crippen molar-refractivity contribution in [2.45, 2.75) is 25.5 Å². The van der Waals surface area contributed by atoms with Crippen LogP contribution in [0.1, 0.15) is 18.6 Å². The Hall–Kier alpha value is -2.25. The maximum atomic E-state index is 12.0. The van der Waals surface area contributed by atoms with Crippen LogP contribution in [0.4, 0.5) is 0 Å². The number of likely N-dealkylation sites (N-methyl/N-ethyl adjacent to an activating group) is 1. The van der Waals surface area contributed by atoms with Gasteiger partial charge in [0.05, 0.1) is 24.9 Å². The molecule has 7 nitrogen and oxygen atoms in total. The average Bonchev–Trinajstić information content (AvgIpc) is 3.25. The van der Waals surface area contributed by atoms with E-state index in [9.17, 15) is 4.79 Å². The molecule has 1 unspecified atom stereocenters. The summed E-state index contributed by atoms with van der Waals surface area (Å²) in [6.45, 7) is 2.18. The predicted octanol–water partition coefficient (Wildman–Crippen LogP) is 1.46. The Morgan fingerprint density at radius 3 is 3.08 bits per heavy atom. The third-order valence-corrected chi connectivity index (χ3v) is 3.88. The van der Waals surface area contributed by atoms with E-state index in [4.69, 9.17) is 9.26 Å². The fraction of sp³-hybridized carbons (Fsp3) is 0.471. The number of pyridine rings is 1. The molecule has 1 amide bonds. The lowest BCUT2D eigenvalue weighted by atomic mass is 10.2. The third kappa shape index (κ3) is 4.62. The molecule has 24 heavy (non-hydrogen) atoms. The van der Waals surface area contributed by atoms with Gasteiger partial charge >= 0.3 is 0 Å². The van der Waals surface area contributed by atoms with Gasteiger partial charge in [-0.15, -0.1) is 0 Å². The number of ether oxygens (including phenoxy) is 1. The smallest absolute Gasteiger partial charge is 0.234 e. The summed E-state index contributed by atoms with van der Waals surface area (Å²) in [5.74, 6) is 0.683. The van der Waals surface area contributed by atoms with E-state index >= 15 is 0 Å². The highest BCUT2D eigenvalue weighted by Crippen LogP contribution is 2.17. The summed E-state index contributed by atoms with van der Waals surface area (Å²) in [4.78, 5) is 18.1. The topological polar surface area (TPSA) is 80.5 Å². The highest BCUT2D eigenvalue weighted by Gasteiger charge is 2.17. The summed E-state index contributed by atoms with van der Waals surface area (Å²) in [7, 11) is 1.87. The van der Waals surface area contributed by atoms with Crippen molar-refractivity contribution in [2.24, 2.45) is 0 Å². The number of carbonyl (C=O) groups excluding carboxylic acids is 1. The van der Waals surface area contributed by atoms with Crippen LogP contribution in [0, 0.1) is 0 Å². The molecule has 0 saturated carbocycles. The largest absolute Gasteiger partial charge is 0.376 e. The van der Waals surface area contributed by atoms with Gasteiger partial charge in [-0.2, -0.15) is 0 Å². The van der Waals surface area contributed by atoms with E-state index in [-0.39, 0.29) is 12.0 Å². The number of nitrogens with one attached hydrogen (secondary N) is 1. The second-order valence-corrected chi connectivity index (χ2v) is 6.00. The predicted molar refractivity (Wildman–Crippen MR) is 88.1 cm³/mol. The van der Waals surface area contributed by atoms with Crippen LogP contribution in [0.25, 0.3) is 11.4 Å². The Morgan fingerprint density at radius 2 is 2.33 bits per heavy atom. The van der Waals surface area contributed by atoms with E-state index in [2.05, 4.69) is 15.5 Å². The molecule has 1 atom stereocenters. The minimum Gasteiger partial charge on any atom is -0.376 e. The molecule has 3 heterocycles. The van der Waals surface area contributed by atoms with Crippen LogP contribution in [0.3, 0.4) is 0 Å². The zero-order chi connectivity index (χ0) is 16.8. The minimum absolute atomic E-state index is 0.0162. The molecule has 1 fully saturated rings. The fourth-order valence-electron chi connectivity index (χ4n) is 2.68. The molecule has 0 aliphatic carbocycles. The fourth-order valence-corrected chi connectivity index (χ4v) is 2.68. The molecule has 128 valence electrons. The van der Waals surface area contributed by atoms with Crippen molar-refractivity contribution < 1.29 is 14.1 Å². The Balaban J connectivity index is 1.45. The van der Waals surface area contributed by atoms with Gasteiger partial charge in [-0.3, -0.25) is 14.7 Å². The van der Waals surface area contributed by atoms with E-state index in [0.29, 0.717) is 31.1 Å². The Labute approximate surface area is 141 Å². The Morgan fingerprint density at radius 1 is 1.42 bits per heavy atom. The molecule has 2 aromatic heterocycles.